The van der Waals surface area contributed by atoms with Gasteiger partial charge in [-0.1, -0.05) is 36.8 Å². The lowest BCUT2D eigenvalue weighted by Crippen LogP contribution is -2.15. The van der Waals surface area contributed by atoms with Gasteiger partial charge in [0.15, 0.2) is 0 Å². The first-order valence-electron chi connectivity index (χ1n) is 7.16. The average Bonchev–Trinajstić information content (AvgIpc) is 2.81. The lowest BCUT2D eigenvalue weighted by Gasteiger charge is -2.13. The molecule has 1 aromatic rings. The van der Waals surface area contributed by atoms with Gasteiger partial charge in [0.05, 0.1) is 6.10 Å². The highest BCUT2D eigenvalue weighted by atomic mass is 16.5. The third-order valence-corrected chi connectivity index (χ3v) is 3.85. The molecule has 1 N–H and O–H groups in total. The largest absolute Gasteiger partial charge is 0.393 e. The van der Waals surface area contributed by atoms with Crippen LogP contribution in [0.2, 0.25) is 0 Å². The van der Waals surface area contributed by atoms with E-state index in [-0.39, 0.29) is 6.10 Å². The molecule has 2 atom stereocenters. The summed E-state index contributed by atoms with van der Waals surface area (Å²) >= 11 is 0. The summed E-state index contributed by atoms with van der Waals surface area (Å²) in [5.74, 6) is 0.485. The predicted molar refractivity (Wildman–Crippen MR) is 73.5 cm³/mol. The van der Waals surface area contributed by atoms with E-state index in [2.05, 4.69) is 24.3 Å². The van der Waals surface area contributed by atoms with Crippen molar-refractivity contribution < 1.29 is 9.84 Å². The Bertz CT molecular complexity index is 323. The fraction of sp³-hybridized carbons (Fsp3) is 0.625. The first-order valence-corrected chi connectivity index (χ1v) is 7.16. The SMILES string of the molecule is OC1CCCC1CCOCCCc1ccccc1. The number of aliphatic hydroxyl groups is 1. The second-order valence-electron chi connectivity index (χ2n) is 5.25. The van der Waals surface area contributed by atoms with Crippen molar-refractivity contribution in [2.24, 2.45) is 5.92 Å². The Kier molecular flexibility index (Phi) is 5.69. The first kappa shape index (κ1) is 13.6. The van der Waals surface area contributed by atoms with E-state index >= 15 is 0 Å². The lowest BCUT2D eigenvalue weighted by atomic mass is 10.0. The fourth-order valence-corrected chi connectivity index (χ4v) is 2.71. The molecule has 0 heterocycles. The van der Waals surface area contributed by atoms with E-state index in [1.54, 1.807) is 0 Å². The fourth-order valence-electron chi connectivity index (χ4n) is 2.71. The molecule has 1 aliphatic rings. The molecule has 0 spiro atoms. The van der Waals surface area contributed by atoms with Crippen molar-refractivity contribution >= 4 is 0 Å². The number of hydrogen-bond donors (Lipinski definition) is 1. The van der Waals surface area contributed by atoms with Crippen LogP contribution in [0.1, 0.15) is 37.7 Å². The summed E-state index contributed by atoms with van der Waals surface area (Å²) in [6.45, 7) is 1.63. The van der Waals surface area contributed by atoms with Crippen LogP contribution < -0.4 is 0 Å². The summed E-state index contributed by atoms with van der Waals surface area (Å²) in [6, 6.07) is 10.5. The molecule has 0 amide bonds. The zero-order valence-corrected chi connectivity index (χ0v) is 11.1. The molecule has 0 aliphatic heterocycles. The van der Waals surface area contributed by atoms with Crippen molar-refractivity contribution in [1.82, 2.24) is 0 Å². The van der Waals surface area contributed by atoms with E-state index in [4.69, 9.17) is 4.74 Å². The molecule has 18 heavy (non-hydrogen) atoms. The van der Waals surface area contributed by atoms with Crippen LogP contribution in [0.5, 0.6) is 0 Å². The molecular weight excluding hydrogens is 224 g/mol. The Balaban J connectivity index is 1.49. The third kappa shape index (κ3) is 4.43. The number of benzene rings is 1. The minimum Gasteiger partial charge on any atom is -0.393 e. The zero-order chi connectivity index (χ0) is 12.6. The van der Waals surface area contributed by atoms with Crippen molar-refractivity contribution in [1.29, 1.82) is 0 Å². The van der Waals surface area contributed by atoms with Crippen LogP contribution in [0.3, 0.4) is 0 Å². The first-order chi connectivity index (χ1) is 8.86. The number of rotatable bonds is 7. The maximum absolute atomic E-state index is 9.68. The molecule has 2 nitrogen and oxygen atoms in total. The zero-order valence-electron chi connectivity index (χ0n) is 11.1. The monoisotopic (exact) mass is 248 g/mol. The van der Waals surface area contributed by atoms with Crippen LogP contribution in [-0.4, -0.2) is 24.4 Å². The van der Waals surface area contributed by atoms with Gasteiger partial charge in [-0.15, -0.1) is 0 Å². The van der Waals surface area contributed by atoms with E-state index in [0.29, 0.717) is 5.92 Å². The Labute approximate surface area is 110 Å². The van der Waals surface area contributed by atoms with Crippen LogP contribution in [0.15, 0.2) is 30.3 Å². The maximum atomic E-state index is 9.68. The summed E-state index contributed by atoms with van der Waals surface area (Å²) in [5, 5.41) is 9.68. The van der Waals surface area contributed by atoms with E-state index in [1.165, 1.54) is 18.4 Å². The van der Waals surface area contributed by atoms with E-state index in [1.807, 2.05) is 6.07 Å². The van der Waals surface area contributed by atoms with E-state index < -0.39 is 0 Å². The molecule has 0 aromatic heterocycles. The third-order valence-electron chi connectivity index (χ3n) is 3.85. The van der Waals surface area contributed by atoms with E-state index in [9.17, 15) is 5.11 Å². The molecule has 1 aromatic carbocycles. The molecule has 2 unspecified atom stereocenters. The second kappa shape index (κ2) is 7.55. The summed E-state index contributed by atoms with van der Waals surface area (Å²) < 4.78 is 5.65. The maximum Gasteiger partial charge on any atom is 0.0569 e. The predicted octanol–water partition coefficient (Wildman–Crippen LogP) is 3.19. The Hall–Kier alpha value is -0.860. The molecule has 2 heteroatoms. The molecule has 0 bridgehead atoms. The highest BCUT2D eigenvalue weighted by Gasteiger charge is 2.24. The number of ether oxygens (including phenoxy) is 1. The molecular formula is C16H24O2. The van der Waals surface area contributed by atoms with Crippen LogP contribution in [0.4, 0.5) is 0 Å². The highest BCUT2D eigenvalue weighted by Crippen LogP contribution is 2.27. The molecule has 1 fully saturated rings. The van der Waals surface area contributed by atoms with Gasteiger partial charge in [-0.25, -0.2) is 0 Å². The summed E-state index contributed by atoms with van der Waals surface area (Å²) in [4.78, 5) is 0. The van der Waals surface area contributed by atoms with Crippen molar-refractivity contribution in [3.63, 3.8) is 0 Å². The Morgan fingerprint density at radius 1 is 1.11 bits per heavy atom. The quantitative estimate of drug-likeness (QED) is 0.751. The van der Waals surface area contributed by atoms with E-state index in [0.717, 1.165) is 38.9 Å². The van der Waals surface area contributed by atoms with Gasteiger partial charge in [-0.2, -0.15) is 0 Å². The molecule has 100 valence electrons. The number of aliphatic hydroxyl groups excluding tert-OH is 1. The van der Waals surface area contributed by atoms with Gasteiger partial charge in [-0.3, -0.25) is 0 Å². The van der Waals surface area contributed by atoms with Crippen molar-refractivity contribution in [3.05, 3.63) is 35.9 Å². The minimum absolute atomic E-state index is 0.0714. The summed E-state index contributed by atoms with van der Waals surface area (Å²) in [6.07, 6.45) is 6.46. The molecule has 0 radical (unpaired) electrons. The highest BCUT2D eigenvalue weighted by molar-refractivity contribution is 5.14. The molecule has 1 aliphatic carbocycles. The lowest BCUT2D eigenvalue weighted by molar-refractivity contribution is 0.0803. The number of hydrogen-bond acceptors (Lipinski definition) is 2. The van der Waals surface area contributed by atoms with Gasteiger partial charge in [0.25, 0.3) is 0 Å². The Morgan fingerprint density at radius 3 is 2.67 bits per heavy atom. The second-order valence-corrected chi connectivity index (χ2v) is 5.25. The standard InChI is InChI=1S/C16H24O2/c17-16-10-4-9-15(16)11-13-18-12-5-8-14-6-2-1-3-7-14/h1-3,6-7,15-17H,4-5,8-13H2. The average molecular weight is 248 g/mol. The minimum atomic E-state index is -0.0714. The number of aryl methyl sites for hydroxylation is 1. The summed E-state index contributed by atoms with van der Waals surface area (Å²) in [5.41, 5.74) is 1.38. The van der Waals surface area contributed by atoms with Gasteiger partial charge in [0, 0.05) is 13.2 Å². The van der Waals surface area contributed by atoms with Gasteiger partial charge in [0.1, 0.15) is 0 Å². The van der Waals surface area contributed by atoms with Crippen molar-refractivity contribution in [2.45, 2.75) is 44.6 Å². The van der Waals surface area contributed by atoms with Crippen molar-refractivity contribution in [2.75, 3.05) is 13.2 Å². The molecule has 2 rings (SSSR count). The summed E-state index contributed by atoms with van der Waals surface area (Å²) in [7, 11) is 0. The van der Waals surface area contributed by atoms with Crippen LogP contribution in [0.25, 0.3) is 0 Å². The van der Waals surface area contributed by atoms with Crippen LogP contribution in [-0.2, 0) is 11.2 Å². The van der Waals surface area contributed by atoms with Crippen LogP contribution >= 0.6 is 0 Å². The normalized spacial score (nSPS) is 23.4. The van der Waals surface area contributed by atoms with Gasteiger partial charge in [0.2, 0.25) is 0 Å². The van der Waals surface area contributed by atoms with Gasteiger partial charge in [-0.05, 0) is 43.6 Å². The molecule has 1 saturated carbocycles. The van der Waals surface area contributed by atoms with Crippen LogP contribution in [0, 0.1) is 5.92 Å². The van der Waals surface area contributed by atoms with Crippen molar-refractivity contribution in [3.8, 4) is 0 Å². The smallest absolute Gasteiger partial charge is 0.0569 e. The van der Waals surface area contributed by atoms with Gasteiger partial charge >= 0.3 is 0 Å². The molecule has 0 saturated heterocycles. The topological polar surface area (TPSA) is 29.5 Å². The Morgan fingerprint density at radius 2 is 1.94 bits per heavy atom. The van der Waals surface area contributed by atoms with Gasteiger partial charge < -0.3 is 9.84 Å².